The molecule has 1 N–H and O–H groups in total. The highest BCUT2D eigenvalue weighted by Crippen LogP contribution is 2.37. The van der Waals surface area contributed by atoms with Gasteiger partial charge < -0.3 is 0 Å². The molecule has 1 unspecified atom stereocenters. The zero-order chi connectivity index (χ0) is 19.8. The second-order valence-electron chi connectivity index (χ2n) is 6.58. The van der Waals surface area contributed by atoms with Crippen molar-refractivity contribution in [2.75, 3.05) is 17.2 Å². The molecule has 27 heavy (non-hydrogen) atoms. The standard InChI is InChI=1S/C18H21N3O4S2/c1-13-8-4-5-9-14(13)18-12-17(19-21(18)27(3,24)25)15-10-6-7-11-16(15)20-26(2,22)23/h4-11,18,20H,12H2,1-3H3. The normalized spacial score (nSPS) is 17.7. The quantitative estimate of drug-likeness (QED) is 0.824. The summed E-state index contributed by atoms with van der Waals surface area (Å²) in [5, 5.41) is 4.35. The molecule has 1 aliphatic heterocycles. The number of sulfonamides is 2. The summed E-state index contributed by atoms with van der Waals surface area (Å²) < 4.78 is 51.6. The molecule has 0 saturated carbocycles. The molecule has 0 aliphatic carbocycles. The fourth-order valence-corrected chi connectivity index (χ4v) is 4.65. The summed E-state index contributed by atoms with van der Waals surface area (Å²) in [5.74, 6) is 0. The highest BCUT2D eigenvalue weighted by molar-refractivity contribution is 7.92. The van der Waals surface area contributed by atoms with Gasteiger partial charge >= 0.3 is 0 Å². The predicted octanol–water partition coefficient (Wildman–Crippen LogP) is 2.48. The van der Waals surface area contributed by atoms with Crippen LogP contribution in [-0.4, -0.2) is 39.5 Å². The first-order valence-corrected chi connectivity index (χ1v) is 12.0. The van der Waals surface area contributed by atoms with E-state index in [1.165, 1.54) is 0 Å². The summed E-state index contributed by atoms with van der Waals surface area (Å²) in [5.41, 5.74) is 3.29. The largest absolute Gasteiger partial charge is 0.283 e. The highest BCUT2D eigenvalue weighted by atomic mass is 32.2. The number of para-hydroxylation sites is 1. The average molecular weight is 408 g/mol. The van der Waals surface area contributed by atoms with Crippen LogP contribution < -0.4 is 4.72 Å². The van der Waals surface area contributed by atoms with Crippen LogP contribution in [0.4, 0.5) is 5.69 Å². The number of nitrogens with zero attached hydrogens (tertiary/aromatic N) is 2. The molecule has 0 saturated heterocycles. The van der Waals surface area contributed by atoms with Crippen LogP contribution in [0.15, 0.2) is 53.6 Å². The van der Waals surface area contributed by atoms with Crippen LogP contribution in [0.2, 0.25) is 0 Å². The van der Waals surface area contributed by atoms with E-state index in [1.807, 2.05) is 31.2 Å². The van der Waals surface area contributed by atoms with Gasteiger partial charge in [-0.3, -0.25) is 4.72 Å². The van der Waals surface area contributed by atoms with E-state index >= 15 is 0 Å². The lowest BCUT2D eigenvalue weighted by atomic mass is 9.95. The Hall–Kier alpha value is -2.39. The highest BCUT2D eigenvalue weighted by Gasteiger charge is 2.35. The van der Waals surface area contributed by atoms with E-state index in [0.717, 1.165) is 28.1 Å². The third kappa shape index (κ3) is 4.30. The second kappa shape index (κ2) is 6.97. The molecule has 144 valence electrons. The monoisotopic (exact) mass is 407 g/mol. The van der Waals surface area contributed by atoms with Crippen molar-refractivity contribution in [3.8, 4) is 0 Å². The molecule has 0 spiro atoms. The zero-order valence-corrected chi connectivity index (χ0v) is 16.9. The first-order valence-electron chi connectivity index (χ1n) is 8.26. The molecule has 0 radical (unpaired) electrons. The van der Waals surface area contributed by atoms with E-state index in [-0.39, 0.29) is 0 Å². The number of hydrazone groups is 1. The summed E-state index contributed by atoms with van der Waals surface area (Å²) in [6.07, 6.45) is 2.53. The molecule has 3 rings (SSSR count). The molecule has 2 aromatic rings. The van der Waals surface area contributed by atoms with E-state index in [4.69, 9.17) is 0 Å². The topological polar surface area (TPSA) is 95.9 Å². The van der Waals surface area contributed by atoms with Gasteiger partial charge in [0.05, 0.1) is 30.0 Å². The lowest BCUT2D eigenvalue weighted by Gasteiger charge is -2.22. The van der Waals surface area contributed by atoms with E-state index < -0.39 is 26.1 Å². The Balaban J connectivity index is 2.08. The molecule has 0 fully saturated rings. The first-order chi connectivity index (χ1) is 12.6. The van der Waals surface area contributed by atoms with Crippen molar-refractivity contribution in [2.24, 2.45) is 5.10 Å². The van der Waals surface area contributed by atoms with Crippen LogP contribution in [-0.2, 0) is 20.0 Å². The number of hydrogen-bond acceptors (Lipinski definition) is 5. The number of rotatable bonds is 5. The van der Waals surface area contributed by atoms with Crippen LogP contribution >= 0.6 is 0 Å². The van der Waals surface area contributed by atoms with Gasteiger partial charge in [-0.2, -0.15) is 9.52 Å². The first kappa shape index (κ1) is 19.4. The van der Waals surface area contributed by atoms with Gasteiger partial charge in [0.15, 0.2) is 0 Å². The number of hydrogen-bond donors (Lipinski definition) is 1. The molecule has 0 bridgehead atoms. The average Bonchev–Trinajstić information content (AvgIpc) is 2.99. The van der Waals surface area contributed by atoms with Gasteiger partial charge in [-0.05, 0) is 24.1 Å². The van der Waals surface area contributed by atoms with Gasteiger partial charge in [-0.15, -0.1) is 0 Å². The molecule has 0 amide bonds. The maximum atomic E-state index is 12.3. The predicted molar refractivity (Wildman–Crippen MR) is 107 cm³/mol. The van der Waals surface area contributed by atoms with Crippen molar-refractivity contribution < 1.29 is 16.8 Å². The Morgan fingerprint density at radius 1 is 1.00 bits per heavy atom. The summed E-state index contributed by atoms with van der Waals surface area (Å²) in [7, 11) is -7.08. The molecular formula is C18H21N3O4S2. The maximum Gasteiger partial charge on any atom is 0.247 e. The van der Waals surface area contributed by atoms with Crippen LogP contribution in [0.3, 0.4) is 0 Å². The molecule has 0 aromatic heterocycles. The fraction of sp³-hybridized carbons (Fsp3) is 0.278. The Morgan fingerprint density at radius 3 is 2.26 bits per heavy atom. The second-order valence-corrected chi connectivity index (χ2v) is 10.2. The van der Waals surface area contributed by atoms with E-state index in [0.29, 0.717) is 23.4 Å². The van der Waals surface area contributed by atoms with E-state index in [9.17, 15) is 16.8 Å². The van der Waals surface area contributed by atoms with Crippen molar-refractivity contribution in [2.45, 2.75) is 19.4 Å². The van der Waals surface area contributed by atoms with Crippen LogP contribution in [0.25, 0.3) is 0 Å². The van der Waals surface area contributed by atoms with Gasteiger partial charge in [-0.25, -0.2) is 16.8 Å². The summed E-state index contributed by atoms with van der Waals surface area (Å²) >= 11 is 0. The molecule has 1 aliphatic rings. The molecular weight excluding hydrogens is 386 g/mol. The summed E-state index contributed by atoms with van der Waals surface area (Å²) in [6.45, 7) is 1.92. The zero-order valence-electron chi connectivity index (χ0n) is 15.2. The van der Waals surface area contributed by atoms with Crippen LogP contribution in [0.1, 0.15) is 29.2 Å². The third-order valence-electron chi connectivity index (χ3n) is 4.29. The summed E-state index contributed by atoms with van der Waals surface area (Å²) in [4.78, 5) is 0. The minimum absolute atomic E-state index is 0.348. The summed E-state index contributed by atoms with van der Waals surface area (Å²) in [6, 6.07) is 13.9. The van der Waals surface area contributed by atoms with Gasteiger partial charge in [0.1, 0.15) is 0 Å². The molecule has 9 heteroatoms. The SMILES string of the molecule is Cc1ccccc1C1CC(c2ccccc2NS(C)(=O)=O)=NN1S(C)(=O)=O. The Bertz CT molecular complexity index is 1110. The van der Waals surface area contributed by atoms with Gasteiger partial charge in [0.25, 0.3) is 0 Å². The Kier molecular flexibility index (Phi) is 5.00. The number of benzene rings is 2. The van der Waals surface area contributed by atoms with Gasteiger partial charge in [0, 0.05) is 12.0 Å². The molecule has 1 atom stereocenters. The van der Waals surface area contributed by atoms with Crippen molar-refractivity contribution in [3.05, 3.63) is 65.2 Å². The van der Waals surface area contributed by atoms with Crippen molar-refractivity contribution in [3.63, 3.8) is 0 Å². The van der Waals surface area contributed by atoms with E-state index in [1.54, 1.807) is 24.3 Å². The van der Waals surface area contributed by atoms with E-state index in [2.05, 4.69) is 9.82 Å². The molecule has 2 aromatic carbocycles. The fourth-order valence-electron chi connectivity index (χ4n) is 3.17. The number of anilines is 1. The van der Waals surface area contributed by atoms with Crippen LogP contribution in [0, 0.1) is 6.92 Å². The minimum Gasteiger partial charge on any atom is -0.283 e. The number of nitrogens with one attached hydrogen (secondary N) is 1. The lowest BCUT2D eigenvalue weighted by Crippen LogP contribution is -2.26. The third-order valence-corrected chi connectivity index (χ3v) is 5.90. The Morgan fingerprint density at radius 2 is 1.63 bits per heavy atom. The molecule has 7 nitrogen and oxygen atoms in total. The van der Waals surface area contributed by atoms with Crippen LogP contribution in [0.5, 0.6) is 0 Å². The van der Waals surface area contributed by atoms with Gasteiger partial charge in [0.2, 0.25) is 20.0 Å². The Labute approximate surface area is 159 Å². The van der Waals surface area contributed by atoms with Gasteiger partial charge in [-0.1, -0.05) is 42.5 Å². The minimum atomic E-state index is -3.60. The maximum absolute atomic E-state index is 12.3. The smallest absolute Gasteiger partial charge is 0.247 e. The number of aryl methyl sites for hydroxylation is 1. The molecule has 1 heterocycles. The van der Waals surface area contributed by atoms with Crippen molar-refractivity contribution in [1.82, 2.24) is 4.41 Å². The lowest BCUT2D eigenvalue weighted by molar-refractivity contribution is 0.374. The van der Waals surface area contributed by atoms with Crippen molar-refractivity contribution >= 4 is 31.4 Å². The van der Waals surface area contributed by atoms with Crippen molar-refractivity contribution in [1.29, 1.82) is 0 Å².